The zero-order valence-corrected chi connectivity index (χ0v) is 44.2. The van der Waals surface area contributed by atoms with Crippen LogP contribution in [0.4, 0.5) is 0 Å². The van der Waals surface area contributed by atoms with Crippen molar-refractivity contribution in [2.24, 2.45) is 0 Å². The maximum atomic E-state index is 7.23. The van der Waals surface area contributed by atoms with Crippen LogP contribution in [0.25, 0.3) is 0 Å². The molecule has 12 heteroatoms. The fourth-order valence-electron chi connectivity index (χ4n) is 5.44. The van der Waals surface area contributed by atoms with Gasteiger partial charge in [-0.15, -0.1) is 0 Å². The second-order valence-electron chi connectivity index (χ2n) is 11.5. The minimum Gasteiger partial charge on any atom is -0.328 e. The Labute approximate surface area is 343 Å². The van der Waals surface area contributed by atoms with Crippen molar-refractivity contribution < 1.29 is 110 Å². The van der Waals surface area contributed by atoms with E-state index < -0.39 is 17.2 Å². The Morgan fingerprint density at radius 3 is 1.04 bits per heavy atom. The monoisotopic (exact) mass is 995 g/mol. The number of hydrogen-bond acceptors (Lipinski definition) is 6. The summed E-state index contributed by atoms with van der Waals surface area (Å²) < 4.78 is 1.73. The third-order valence-electron chi connectivity index (χ3n) is 7.74. The molecule has 0 spiro atoms. The van der Waals surface area contributed by atoms with Gasteiger partial charge >= 0.3 is 243 Å². The number of hydrogen-bond donors (Lipinski definition) is 6. The van der Waals surface area contributed by atoms with E-state index >= 15 is 0 Å². The van der Waals surface area contributed by atoms with Crippen LogP contribution in [0.5, 0.6) is 0 Å². The number of rotatable bonds is 24. The van der Waals surface area contributed by atoms with Crippen LogP contribution in [0.15, 0.2) is 12.1 Å². The Kier molecular flexibility index (Phi) is 57.3. The first-order valence-electron chi connectivity index (χ1n) is 16.9. The van der Waals surface area contributed by atoms with Gasteiger partial charge in [-0.2, -0.15) is 13.5 Å². The zero-order valence-electron chi connectivity index (χ0n) is 29.3. The van der Waals surface area contributed by atoms with Crippen molar-refractivity contribution in [1.82, 2.24) is 0 Å². The number of aryl methyl sites for hydroxylation is 1. The van der Waals surface area contributed by atoms with Crippen molar-refractivity contribution in [1.29, 1.82) is 0 Å². The standard InChI is InChI=1S/C33H59.3Cd.2H3O3P.H2S/c1-4-7-10-13-16-19-22-26-31-28-25-29-32(27-23-20-17-14-11-8-5-2)33(31)30-24-21-18-15-12-9-6-3;;;;2*1-4(2)3;/h25,28H,4-24,26-27,30H2,1-3H3;;;;2*1-3H;1H2. The topological polar surface area (TPSA) is 121 Å². The molecule has 0 aromatic heterocycles. The fourth-order valence-corrected chi connectivity index (χ4v) is 6.89. The normalized spacial score (nSPS) is 10.2. The van der Waals surface area contributed by atoms with Crippen LogP contribution in [-0.4, -0.2) is 29.4 Å². The molecule has 0 unspecified atom stereocenters. The Balaban J connectivity index is -0.000000432. The third kappa shape index (κ3) is 43.0. The van der Waals surface area contributed by atoms with Crippen LogP contribution in [0.2, 0.25) is 0 Å². The van der Waals surface area contributed by atoms with E-state index in [1.54, 1.807) is 8.69 Å². The first-order chi connectivity index (χ1) is 20.2. The second kappa shape index (κ2) is 45.0. The van der Waals surface area contributed by atoms with Gasteiger partial charge in [-0.3, -0.25) is 0 Å². The summed E-state index contributed by atoms with van der Waals surface area (Å²) in [5.41, 5.74) is 5.35. The number of unbranched alkanes of at least 4 members (excludes halogenated alkanes) is 18. The molecule has 1 rings (SSSR count). The van der Waals surface area contributed by atoms with Crippen LogP contribution in [-0.2, 0) is 99.6 Å². The third-order valence-corrected chi connectivity index (χ3v) is 9.63. The SMILES string of the molecule is CCCCCCCCCc1cc[c]([Cd])c(CCCCCCCCC)c1CCCCCCCCC.OP(O)O.OP(O)O.S.[Cd].[Cd]. The van der Waals surface area contributed by atoms with E-state index in [-0.39, 0.29) is 68.1 Å². The molecule has 0 saturated heterocycles. The summed E-state index contributed by atoms with van der Waals surface area (Å²) >= 11 is 0.949. The Morgan fingerprint density at radius 1 is 0.444 bits per heavy atom. The van der Waals surface area contributed by atoms with Crippen LogP contribution in [0.3, 0.4) is 0 Å². The van der Waals surface area contributed by atoms with Crippen molar-refractivity contribution in [3.8, 4) is 0 Å². The smallest absolute Gasteiger partial charge is 0.328 e. The molecule has 0 radical (unpaired) electrons. The van der Waals surface area contributed by atoms with Gasteiger partial charge in [-0.25, -0.2) is 0 Å². The summed E-state index contributed by atoms with van der Waals surface area (Å²) in [5, 5.41) is 0. The van der Waals surface area contributed by atoms with Crippen LogP contribution < -0.4 is 3.12 Å². The van der Waals surface area contributed by atoms with E-state index in [2.05, 4.69) is 32.9 Å². The molecule has 0 aliphatic rings. The van der Waals surface area contributed by atoms with Crippen LogP contribution >= 0.6 is 30.7 Å². The number of benzene rings is 1. The molecule has 0 aliphatic heterocycles. The van der Waals surface area contributed by atoms with Gasteiger partial charge in [0.2, 0.25) is 0 Å². The van der Waals surface area contributed by atoms with E-state index in [1.807, 2.05) is 11.1 Å². The summed E-state index contributed by atoms with van der Waals surface area (Å²) in [6.07, 6.45) is 33.9. The van der Waals surface area contributed by atoms with E-state index in [0.717, 1.165) is 25.8 Å². The molecule has 257 valence electrons. The summed E-state index contributed by atoms with van der Waals surface area (Å²) in [5.74, 6) is 0. The molecule has 0 heterocycles. The first kappa shape index (κ1) is 57.3. The summed E-state index contributed by atoms with van der Waals surface area (Å²) in [4.78, 5) is 43.4. The quantitative estimate of drug-likeness (QED) is 0.0349. The van der Waals surface area contributed by atoms with Gasteiger partial charge in [0.05, 0.1) is 0 Å². The maximum absolute atomic E-state index is 7.23. The van der Waals surface area contributed by atoms with Gasteiger partial charge in [0.15, 0.2) is 0 Å². The molecular weight excluding hydrogens is 924 g/mol. The molecule has 0 fully saturated rings. The molecule has 0 bridgehead atoms. The molecule has 0 amide bonds. The molecular formula is C33H67Cd3O6P2S. The van der Waals surface area contributed by atoms with Gasteiger partial charge in [0.25, 0.3) is 0 Å². The van der Waals surface area contributed by atoms with E-state index in [4.69, 9.17) is 29.4 Å². The van der Waals surface area contributed by atoms with Gasteiger partial charge in [0, 0.05) is 54.6 Å². The van der Waals surface area contributed by atoms with E-state index in [0.29, 0.717) is 0 Å². The van der Waals surface area contributed by atoms with Gasteiger partial charge < -0.3 is 29.4 Å². The molecule has 45 heavy (non-hydrogen) atoms. The van der Waals surface area contributed by atoms with Crippen molar-refractivity contribution in [3.05, 3.63) is 28.8 Å². The van der Waals surface area contributed by atoms with E-state index in [9.17, 15) is 0 Å². The van der Waals surface area contributed by atoms with Crippen LogP contribution in [0.1, 0.15) is 172 Å². The molecule has 6 nitrogen and oxygen atoms in total. The predicted octanol–water partition coefficient (Wildman–Crippen LogP) is 9.23. The Morgan fingerprint density at radius 2 is 0.711 bits per heavy atom. The summed E-state index contributed by atoms with van der Waals surface area (Å²) in [6, 6.07) is 5.06. The Bertz CT molecular complexity index is 699. The molecule has 0 atom stereocenters. The van der Waals surface area contributed by atoms with Crippen molar-refractivity contribution in [3.63, 3.8) is 0 Å². The molecule has 6 N–H and O–H groups in total. The first-order valence-corrected chi connectivity index (χ1v) is 21.3. The fraction of sp³-hybridized carbons (Fsp3) is 0.818. The van der Waals surface area contributed by atoms with Gasteiger partial charge in [-0.05, 0) is 0 Å². The van der Waals surface area contributed by atoms with Gasteiger partial charge in [0.1, 0.15) is 0 Å². The minimum atomic E-state index is -2.62. The second-order valence-corrected chi connectivity index (χ2v) is 14.7. The van der Waals surface area contributed by atoms with Crippen molar-refractivity contribution >= 4 is 33.8 Å². The van der Waals surface area contributed by atoms with Crippen molar-refractivity contribution in [2.45, 2.75) is 175 Å². The predicted molar refractivity (Wildman–Crippen MR) is 189 cm³/mol. The average Bonchev–Trinajstić information content (AvgIpc) is 2.93. The molecule has 0 saturated carbocycles. The molecule has 1 aromatic rings. The average molecular weight is 991 g/mol. The van der Waals surface area contributed by atoms with Gasteiger partial charge in [-0.1, -0.05) is 6.92 Å². The summed E-state index contributed by atoms with van der Waals surface area (Å²) in [7, 11) is -5.24. The van der Waals surface area contributed by atoms with Crippen molar-refractivity contribution in [2.75, 3.05) is 0 Å². The minimum absolute atomic E-state index is 0. The van der Waals surface area contributed by atoms with E-state index in [1.165, 1.54) is 154 Å². The molecule has 0 aliphatic carbocycles. The summed E-state index contributed by atoms with van der Waals surface area (Å²) in [6.45, 7) is 6.96. The van der Waals surface area contributed by atoms with Crippen LogP contribution in [0, 0.1) is 0 Å². The zero-order chi connectivity index (χ0) is 31.8. The Hall–Kier alpha value is 2.96. The molecule has 1 aromatic carbocycles.